The van der Waals surface area contributed by atoms with E-state index >= 15 is 0 Å². The summed E-state index contributed by atoms with van der Waals surface area (Å²) < 4.78 is 80.2. The zero-order valence-electron chi connectivity index (χ0n) is 12.9. The molecule has 0 saturated carbocycles. The van der Waals surface area contributed by atoms with E-state index in [0.717, 1.165) is 19.3 Å². The average Bonchev–Trinajstić information content (AvgIpc) is 2.94. The molecule has 4 atom stereocenters. The lowest BCUT2D eigenvalue weighted by Gasteiger charge is -2.35. The van der Waals surface area contributed by atoms with Gasteiger partial charge in [-0.2, -0.15) is 26.3 Å². The first-order valence-electron chi connectivity index (χ1n) is 8.28. The van der Waals surface area contributed by atoms with E-state index < -0.39 is 49.1 Å². The Morgan fingerprint density at radius 1 is 0.696 bits per heavy atom. The summed E-state index contributed by atoms with van der Waals surface area (Å²) in [6.45, 7) is 1.16. The van der Waals surface area contributed by atoms with Gasteiger partial charge >= 0.3 is 12.4 Å². The van der Waals surface area contributed by atoms with Crippen molar-refractivity contribution in [3.05, 3.63) is 0 Å². The summed E-state index contributed by atoms with van der Waals surface area (Å²) in [6, 6.07) is -0.942. The number of rotatable bonds is 5. The van der Waals surface area contributed by atoms with Crippen molar-refractivity contribution >= 4 is 0 Å². The summed E-state index contributed by atoms with van der Waals surface area (Å²) in [4.78, 5) is 0. The molecule has 2 rings (SSSR count). The van der Waals surface area contributed by atoms with Gasteiger partial charge in [0.05, 0.1) is 11.8 Å². The van der Waals surface area contributed by atoms with E-state index in [1.54, 1.807) is 0 Å². The molecule has 8 heteroatoms. The fraction of sp³-hybridized carbons (Fsp3) is 1.00. The maximum absolute atomic E-state index is 13.4. The highest BCUT2D eigenvalue weighted by Crippen LogP contribution is 2.46. The Balaban J connectivity index is 2.13. The molecule has 2 aliphatic heterocycles. The van der Waals surface area contributed by atoms with Crippen LogP contribution in [0.1, 0.15) is 44.9 Å². The number of hydrogen-bond acceptors (Lipinski definition) is 2. The van der Waals surface area contributed by atoms with Crippen molar-refractivity contribution in [1.29, 1.82) is 0 Å². The van der Waals surface area contributed by atoms with Gasteiger partial charge in [0.2, 0.25) is 0 Å². The predicted octanol–water partition coefficient (Wildman–Crippen LogP) is 4.02. The van der Waals surface area contributed by atoms with Crippen molar-refractivity contribution in [3.63, 3.8) is 0 Å². The molecule has 0 aliphatic carbocycles. The summed E-state index contributed by atoms with van der Waals surface area (Å²) in [6.07, 6.45) is -7.27. The standard InChI is InChI=1S/C15H24F6N2/c16-14(17,18)12(8-10-4-1-2-6-22-10)13(15(19,20)21)9-11-5-3-7-23-11/h10-13,22-23H,1-9H2. The van der Waals surface area contributed by atoms with E-state index in [4.69, 9.17) is 0 Å². The van der Waals surface area contributed by atoms with Crippen LogP contribution in [0.2, 0.25) is 0 Å². The lowest BCUT2D eigenvalue weighted by molar-refractivity contribution is -0.258. The van der Waals surface area contributed by atoms with Crippen LogP contribution in [-0.4, -0.2) is 37.5 Å². The largest absolute Gasteiger partial charge is 0.392 e. The molecule has 4 unspecified atom stereocenters. The third kappa shape index (κ3) is 5.52. The van der Waals surface area contributed by atoms with Crippen LogP contribution in [0.5, 0.6) is 0 Å². The molecule has 136 valence electrons. The molecule has 23 heavy (non-hydrogen) atoms. The van der Waals surface area contributed by atoms with Crippen molar-refractivity contribution in [2.45, 2.75) is 69.4 Å². The first-order valence-corrected chi connectivity index (χ1v) is 8.28. The molecule has 2 aliphatic rings. The normalized spacial score (nSPS) is 29.5. The van der Waals surface area contributed by atoms with Gasteiger partial charge in [-0.3, -0.25) is 0 Å². The fourth-order valence-electron chi connectivity index (χ4n) is 3.75. The highest BCUT2D eigenvalue weighted by atomic mass is 19.4. The van der Waals surface area contributed by atoms with E-state index in [9.17, 15) is 26.3 Å². The van der Waals surface area contributed by atoms with E-state index in [1.807, 2.05) is 0 Å². The first-order chi connectivity index (χ1) is 10.7. The van der Waals surface area contributed by atoms with E-state index in [0.29, 0.717) is 25.9 Å². The van der Waals surface area contributed by atoms with Crippen molar-refractivity contribution in [3.8, 4) is 0 Å². The Morgan fingerprint density at radius 3 is 1.48 bits per heavy atom. The molecular formula is C15H24F6N2. The Kier molecular flexibility index (Phi) is 6.22. The predicted molar refractivity (Wildman–Crippen MR) is 75.0 cm³/mol. The Morgan fingerprint density at radius 2 is 1.13 bits per heavy atom. The molecule has 2 nitrogen and oxygen atoms in total. The Bertz CT molecular complexity index is 356. The second-order valence-electron chi connectivity index (χ2n) is 6.71. The van der Waals surface area contributed by atoms with Crippen molar-refractivity contribution in [2.75, 3.05) is 13.1 Å². The van der Waals surface area contributed by atoms with Crippen molar-refractivity contribution < 1.29 is 26.3 Å². The summed E-state index contributed by atoms with van der Waals surface area (Å²) in [5, 5.41) is 5.82. The third-order valence-corrected chi connectivity index (χ3v) is 4.98. The van der Waals surface area contributed by atoms with Crippen molar-refractivity contribution in [2.24, 2.45) is 11.8 Å². The third-order valence-electron chi connectivity index (χ3n) is 4.98. The van der Waals surface area contributed by atoms with Gasteiger partial charge in [0.15, 0.2) is 0 Å². The zero-order valence-corrected chi connectivity index (χ0v) is 12.9. The van der Waals surface area contributed by atoms with Gasteiger partial charge in [0.1, 0.15) is 0 Å². The summed E-state index contributed by atoms with van der Waals surface area (Å²) in [5.74, 6) is -4.66. The Labute approximate surface area is 132 Å². The second-order valence-corrected chi connectivity index (χ2v) is 6.71. The summed E-state index contributed by atoms with van der Waals surface area (Å²) in [7, 11) is 0. The molecule has 0 bridgehead atoms. The fourth-order valence-corrected chi connectivity index (χ4v) is 3.75. The summed E-state index contributed by atoms with van der Waals surface area (Å²) in [5.41, 5.74) is 0. The molecule has 2 N–H and O–H groups in total. The van der Waals surface area contributed by atoms with E-state index in [2.05, 4.69) is 10.6 Å². The first kappa shape index (κ1) is 18.8. The molecule has 2 fully saturated rings. The van der Waals surface area contributed by atoms with Gasteiger partial charge < -0.3 is 10.6 Å². The SMILES string of the molecule is FC(F)(F)C(CC1CCCCN1)C(CC1CCCN1)C(F)(F)F. The number of hydrogen-bond donors (Lipinski definition) is 2. The van der Waals surface area contributed by atoms with Crippen LogP contribution in [0.3, 0.4) is 0 Å². The Hall–Kier alpha value is -0.500. The monoisotopic (exact) mass is 346 g/mol. The van der Waals surface area contributed by atoms with Gasteiger partial charge in [-0.05, 0) is 51.6 Å². The van der Waals surface area contributed by atoms with Crippen LogP contribution in [0.15, 0.2) is 0 Å². The smallest absolute Gasteiger partial charge is 0.314 e. The van der Waals surface area contributed by atoms with Crippen LogP contribution < -0.4 is 10.6 Å². The minimum atomic E-state index is -4.84. The lowest BCUT2D eigenvalue weighted by Crippen LogP contribution is -2.46. The molecule has 2 heterocycles. The van der Waals surface area contributed by atoms with Crippen LogP contribution in [0.4, 0.5) is 26.3 Å². The van der Waals surface area contributed by atoms with Gasteiger partial charge in [0.25, 0.3) is 0 Å². The van der Waals surface area contributed by atoms with E-state index in [-0.39, 0.29) is 0 Å². The topological polar surface area (TPSA) is 24.1 Å². The van der Waals surface area contributed by atoms with E-state index in [1.165, 1.54) is 0 Å². The van der Waals surface area contributed by atoms with Crippen LogP contribution in [0, 0.1) is 11.8 Å². The summed E-state index contributed by atoms with van der Waals surface area (Å²) >= 11 is 0. The molecule has 0 aromatic carbocycles. The molecule has 0 aromatic rings. The van der Waals surface area contributed by atoms with Crippen LogP contribution in [-0.2, 0) is 0 Å². The maximum atomic E-state index is 13.4. The molecule has 0 aromatic heterocycles. The lowest BCUT2D eigenvalue weighted by atomic mass is 9.80. The molecule has 0 spiro atoms. The minimum absolute atomic E-state index is 0.467. The highest BCUT2D eigenvalue weighted by Gasteiger charge is 2.55. The zero-order chi connectivity index (χ0) is 17.1. The minimum Gasteiger partial charge on any atom is -0.314 e. The van der Waals surface area contributed by atoms with Gasteiger partial charge in [0, 0.05) is 12.1 Å². The maximum Gasteiger partial charge on any atom is 0.392 e. The number of nitrogens with one attached hydrogen (secondary N) is 2. The quantitative estimate of drug-likeness (QED) is 0.735. The van der Waals surface area contributed by atoms with Crippen molar-refractivity contribution in [1.82, 2.24) is 10.6 Å². The van der Waals surface area contributed by atoms with Gasteiger partial charge in [-0.15, -0.1) is 0 Å². The number of halogens is 6. The van der Waals surface area contributed by atoms with Crippen LogP contribution >= 0.6 is 0 Å². The van der Waals surface area contributed by atoms with Gasteiger partial charge in [-0.25, -0.2) is 0 Å². The molecule has 0 amide bonds. The van der Waals surface area contributed by atoms with Crippen LogP contribution in [0.25, 0.3) is 0 Å². The number of piperidine rings is 1. The average molecular weight is 346 g/mol. The molecule has 2 saturated heterocycles. The second kappa shape index (κ2) is 7.59. The number of alkyl halides is 6. The van der Waals surface area contributed by atoms with Gasteiger partial charge in [-0.1, -0.05) is 6.42 Å². The molecule has 0 radical (unpaired) electrons. The molecular weight excluding hydrogens is 322 g/mol. The highest BCUT2D eigenvalue weighted by molar-refractivity contribution is 4.90.